The first kappa shape index (κ1) is 14.4. The Morgan fingerprint density at radius 2 is 1.76 bits per heavy atom. The molecule has 0 aliphatic carbocycles. The van der Waals surface area contributed by atoms with Crippen molar-refractivity contribution < 1.29 is 14.1 Å². The first-order chi connectivity index (χ1) is 9.78. The third-order valence-corrected chi connectivity index (χ3v) is 4.51. The van der Waals surface area contributed by atoms with Gasteiger partial charge in [0.2, 0.25) is 5.91 Å². The second-order valence-electron chi connectivity index (χ2n) is 6.62. The summed E-state index contributed by atoms with van der Waals surface area (Å²) in [4.78, 5) is 11.6. The molecule has 21 heavy (non-hydrogen) atoms. The van der Waals surface area contributed by atoms with Gasteiger partial charge >= 0.3 is 7.12 Å². The Kier molecular flexibility index (Phi) is 3.26. The lowest BCUT2D eigenvalue weighted by atomic mass is 9.79. The van der Waals surface area contributed by atoms with E-state index in [9.17, 15) is 4.79 Å². The number of benzene rings is 1. The van der Waals surface area contributed by atoms with Crippen LogP contribution in [-0.2, 0) is 14.1 Å². The van der Waals surface area contributed by atoms with Crippen molar-refractivity contribution in [2.75, 3.05) is 17.2 Å². The summed E-state index contributed by atoms with van der Waals surface area (Å²) in [5.74, 6) is 0.0321. The van der Waals surface area contributed by atoms with E-state index in [-0.39, 0.29) is 24.2 Å². The van der Waals surface area contributed by atoms with Gasteiger partial charge in [0.15, 0.2) is 0 Å². The Balaban J connectivity index is 1.88. The quantitative estimate of drug-likeness (QED) is 0.773. The van der Waals surface area contributed by atoms with Gasteiger partial charge in [0, 0.05) is 13.0 Å². The number of hydrogen-bond acceptors (Lipinski definition) is 4. The van der Waals surface area contributed by atoms with Crippen LogP contribution in [-0.4, -0.2) is 30.8 Å². The highest BCUT2D eigenvalue weighted by atomic mass is 16.7. The SMILES string of the molecule is CC1(C)OB(c2ccc3c(c2)NCCC(=O)N3)OC1(C)C. The van der Waals surface area contributed by atoms with Crippen LogP contribution < -0.4 is 16.1 Å². The summed E-state index contributed by atoms with van der Waals surface area (Å²) in [5.41, 5.74) is 1.96. The molecule has 2 aliphatic rings. The van der Waals surface area contributed by atoms with E-state index in [1.54, 1.807) is 0 Å². The largest absolute Gasteiger partial charge is 0.494 e. The molecule has 0 aromatic heterocycles. The van der Waals surface area contributed by atoms with Crippen LogP contribution in [0.25, 0.3) is 0 Å². The molecular formula is C15H21BN2O3. The summed E-state index contributed by atoms with van der Waals surface area (Å²) < 4.78 is 12.1. The topological polar surface area (TPSA) is 59.6 Å². The molecule has 0 spiro atoms. The van der Waals surface area contributed by atoms with Crippen LogP contribution in [0.3, 0.4) is 0 Å². The Hall–Kier alpha value is -1.53. The van der Waals surface area contributed by atoms with Gasteiger partial charge < -0.3 is 19.9 Å². The van der Waals surface area contributed by atoms with Gasteiger partial charge in [0.1, 0.15) is 0 Å². The van der Waals surface area contributed by atoms with Crippen LogP contribution in [0.5, 0.6) is 0 Å². The second-order valence-corrected chi connectivity index (χ2v) is 6.62. The molecule has 0 bridgehead atoms. The molecule has 3 rings (SSSR count). The molecule has 1 aromatic rings. The molecule has 112 valence electrons. The van der Waals surface area contributed by atoms with Crippen molar-refractivity contribution in [1.82, 2.24) is 0 Å². The smallest absolute Gasteiger partial charge is 0.399 e. The standard InChI is InChI=1S/C15H21BN2O3/c1-14(2)15(3,4)21-16(20-14)10-5-6-11-12(9-10)17-8-7-13(19)18-11/h5-6,9,17H,7-8H2,1-4H3,(H,18,19). The lowest BCUT2D eigenvalue weighted by Crippen LogP contribution is -2.41. The maximum Gasteiger partial charge on any atom is 0.494 e. The van der Waals surface area contributed by atoms with Gasteiger partial charge in [0.25, 0.3) is 0 Å². The zero-order valence-corrected chi connectivity index (χ0v) is 12.9. The van der Waals surface area contributed by atoms with Crippen molar-refractivity contribution in [3.8, 4) is 0 Å². The Morgan fingerprint density at radius 1 is 1.10 bits per heavy atom. The highest BCUT2D eigenvalue weighted by molar-refractivity contribution is 6.62. The van der Waals surface area contributed by atoms with Crippen LogP contribution in [0.2, 0.25) is 0 Å². The minimum Gasteiger partial charge on any atom is -0.399 e. The number of fused-ring (bicyclic) bond motifs is 1. The van der Waals surface area contributed by atoms with Crippen LogP contribution in [0, 0.1) is 0 Å². The first-order valence-corrected chi connectivity index (χ1v) is 7.32. The van der Waals surface area contributed by atoms with Crippen LogP contribution in [0.1, 0.15) is 34.1 Å². The fraction of sp³-hybridized carbons (Fsp3) is 0.533. The molecule has 2 heterocycles. The van der Waals surface area contributed by atoms with E-state index in [1.165, 1.54) is 0 Å². The van der Waals surface area contributed by atoms with Gasteiger partial charge in [-0.25, -0.2) is 0 Å². The molecule has 5 nitrogen and oxygen atoms in total. The summed E-state index contributed by atoms with van der Waals surface area (Å²) in [6, 6.07) is 5.82. The Labute approximate surface area is 125 Å². The zero-order chi connectivity index (χ0) is 15.3. The van der Waals surface area contributed by atoms with Crippen LogP contribution >= 0.6 is 0 Å². The number of rotatable bonds is 1. The molecule has 2 aliphatic heterocycles. The monoisotopic (exact) mass is 288 g/mol. The number of carbonyl (C=O) groups excluding carboxylic acids is 1. The number of carbonyl (C=O) groups is 1. The lowest BCUT2D eigenvalue weighted by molar-refractivity contribution is -0.115. The first-order valence-electron chi connectivity index (χ1n) is 7.32. The molecule has 0 unspecified atom stereocenters. The van der Waals surface area contributed by atoms with E-state index < -0.39 is 0 Å². The van der Waals surface area contributed by atoms with Crippen molar-refractivity contribution in [2.24, 2.45) is 0 Å². The van der Waals surface area contributed by atoms with E-state index in [0.717, 1.165) is 16.8 Å². The predicted molar refractivity (Wildman–Crippen MR) is 83.9 cm³/mol. The highest BCUT2D eigenvalue weighted by Crippen LogP contribution is 2.37. The molecule has 0 radical (unpaired) electrons. The summed E-state index contributed by atoms with van der Waals surface area (Å²) >= 11 is 0. The number of amides is 1. The van der Waals surface area contributed by atoms with E-state index in [2.05, 4.69) is 10.6 Å². The maximum atomic E-state index is 11.6. The Morgan fingerprint density at radius 3 is 2.43 bits per heavy atom. The van der Waals surface area contributed by atoms with E-state index in [0.29, 0.717) is 13.0 Å². The predicted octanol–water partition coefficient (Wildman–Crippen LogP) is 1.74. The molecule has 1 aromatic carbocycles. The normalized spacial score (nSPS) is 23.0. The molecule has 0 atom stereocenters. The average molecular weight is 288 g/mol. The summed E-state index contributed by atoms with van der Waals surface area (Å²) in [6.07, 6.45) is 0.473. The summed E-state index contributed by atoms with van der Waals surface area (Å²) in [5, 5.41) is 6.16. The fourth-order valence-corrected chi connectivity index (χ4v) is 2.47. The third-order valence-electron chi connectivity index (χ3n) is 4.51. The maximum absolute atomic E-state index is 11.6. The molecule has 1 amide bonds. The summed E-state index contributed by atoms with van der Waals surface area (Å²) in [6.45, 7) is 8.78. The minimum absolute atomic E-state index is 0.0321. The van der Waals surface area contributed by atoms with E-state index >= 15 is 0 Å². The molecule has 1 fully saturated rings. The minimum atomic E-state index is -0.388. The van der Waals surface area contributed by atoms with Gasteiger partial charge in [-0.3, -0.25) is 4.79 Å². The van der Waals surface area contributed by atoms with Gasteiger partial charge in [-0.1, -0.05) is 6.07 Å². The van der Waals surface area contributed by atoms with Gasteiger partial charge in [-0.15, -0.1) is 0 Å². The Bertz CT molecular complexity index is 570. The highest BCUT2D eigenvalue weighted by Gasteiger charge is 2.51. The van der Waals surface area contributed by atoms with Crippen LogP contribution in [0.15, 0.2) is 18.2 Å². The molecular weight excluding hydrogens is 267 g/mol. The van der Waals surface area contributed by atoms with Crippen molar-refractivity contribution in [3.63, 3.8) is 0 Å². The van der Waals surface area contributed by atoms with Crippen molar-refractivity contribution >= 4 is 29.9 Å². The van der Waals surface area contributed by atoms with E-state index in [1.807, 2.05) is 45.9 Å². The van der Waals surface area contributed by atoms with Gasteiger partial charge in [-0.05, 0) is 45.3 Å². The van der Waals surface area contributed by atoms with E-state index in [4.69, 9.17) is 9.31 Å². The third kappa shape index (κ3) is 2.54. The average Bonchev–Trinajstić information content (AvgIpc) is 2.52. The number of nitrogens with one attached hydrogen (secondary N) is 2. The molecule has 6 heteroatoms. The van der Waals surface area contributed by atoms with Crippen molar-refractivity contribution in [3.05, 3.63) is 18.2 Å². The summed E-state index contributed by atoms with van der Waals surface area (Å²) in [7, 11) is -0.388. The number of hydrogen-bond donors (Lipinski definition) is 2. The zero-order valence-electron chi connectivity index (χ0n) is 12.9. The molecule has 2 N–H and O–H groups in total. The fourth-order valence-electron chi connectivity index (χ4n) is 2.47. The van der Waals surface area contributed by atoms with Gasteiger partial charge in [0.05, 0.1) is 22.6 Å². The van der Waals surface area contributed by atoms with Crippen molar-refractivity contribution in [2.45, 2.75) is 45.3 Å². The second kappa shape index (κ2) is 4.75. The van der Waals surface area contributed by atoms with Crippen LogP contribution in [0.4, 0.5) is 11.4 Å². The lowest BCUT2D eigenvalue weighted by Gasteiger charge is -2.32. The molecule has 1 saturated heterocycles. The van der Waals surface area contributed by atoms with Crippen molar-refractivity contribution in [1.29, 1.82) is 0 Å². The van der Waals surface area contributed by atoms with Gasteiger partial charge in [-0.2, -0.15) is 0 Å². The number of anilines is 2. The molecule has 0 saturated carbocycles.